The second-order valence-electron chi connectivity index (χ2n) is 7.64. The van der Waals surface area contributed by atoms with E-state index in [2.05, 4.69) is 28.2 Å². The summed E-state index contributed by atoms with van der Waals surface area (Å²) in [5.74, 6) is 1.49. The van der Waals surface area contributed by atoms with Crippen molar-refractivity contribution in [3.63, 3.8) is 0 Å². The first-order chi connectivity index (χ1) is 13.0. The molecule has 27 heavy (non-hydrogen) atoms. The van der Waals surface area contributed by atoms with E-state index in [1.54, 1.807) is 0 Å². The summed E-state index contributed by atoms with van der Waals surface area (Å²) in [7, 11) is 0. The highest BCUT2D eigenvalue weighted by molar-refractivity contribution is 5.79. The SMILES string of the molecule is CC1CCN(c2ccc(CNC(=O)C(C)C(N)c3ccccc3)cn2)CC1. The molecule has 0 aliphatic carbocycles. The second kappa shape index (κ2) is 9.00. The molecule has 1 aromatic carbocycles. The summed E-state index contributed by atoms with van der Waals surface area (Å²) in [4.78, 5) is 19.4. The van der Waals surface area contributed by atoms with E-state index >= 15 is 0 Å². The zero-order valence-electron chi connectivity index (χ0n) is 16.3. The third-order valence-electron chi connectivity index (χ3n) is 5.52. The number of benzene rings is 1. The van der Waals surface area contributed by atoms with Crippen molar-refractivity contribution in [2.45, 2.75) is 39.3 Å². The molecule has 5 nitrogen and oxygen atoms in total. The Kier molecular flexibility index (Phi) is 6.45. The molecule has 1 aliphatic rings. The molecular weight excluding hydrogens is 336 g/mol. The fourth-order valence-corrected chi connectivity index (χ4v) is 3.42. The molecule has 0 radical (unpaired) electrons. The summed E-state index contributed by atoms with van der Waals surface area (Å²) >= 11 is 0. The molecule has 144 valence electrons. The Morgan fingerprint density at radius 3 is 2.56 bits per heavy atom. The van der Waals surface area contributed by atoms with Crippen molar-refractivity contribution >= 4 is 11.7 Å². The summed E-state index contributed by atoms with van der Waals surface area (Å²) in [5, 5.41) is 2.98. The minimum absolute atomic E-state index is 0.0413. The number of nitrogens with zero attached hydrogens (tertiary/aromatic N) is 2. The molecule has 1 saturated heterocycles. The van der Waals surface area contributed by atoms with Gasteiger partial charge in [0.1, 0.15) is 5.82 Å². The molecule has 2 atom stereocenters. The number of amides is 1. The zero-order chi connectivity index (χ0) is 19.2. The first kappa shape index (κ1) is 19.4. The molecule has 0 bridgehead atoms. The van der Waals surface area contributed by atoms with E-state index in [1.165, 1.54) is 12.8 Å². The van der Waals surface area contributed by atoms with Crippen LogP contribution in [0.25, 0.3) is 0 Å². The molecule has 3 N–H and O–H groups in total. The number of nitrogens with two attached hydrogens (primary N) is 1. The van der Waals surface area contributed by atoms with Gasteiger partial charge in [-0.2, -0.15) is 0 Å². The number of nitrogens with one attached hydrogen (secondary N) is 1. The van der Waals surface area contributed by atoms with Crippen LogP contribution in [0.1, 0.15) is 43.9 Å². The lowest BCUT2D eigenvalue weighted by Gasteiger charge is -2.31. The maximum absolute atomic E-state index is 12.5. The van der Waals surface area contributed by atoms with Crippen LogP contribution in [0, 0.1) is 11.8 Å². The number of hydrogen-bond donors (Lipinski definition) is 2. The average molecular weight is 367 g/mol. The molecule has 1 amide bonds. The number of carbonyl (C=O) groups excluding carboxylic acids is 1. The lowest BCUT2D eigenvalue weighted by molar-refractivity contribution is -0.125. The molecule has 3 rings (SSSR count). The van der Waals surface area contributed by atoms with Crippen LogP contribution in [0.15, 0.2) is 48.7 Å². The van der Waals surface area contributed by atoms with Gasteiger partial charge in [-0.05, 0) is 36.0 Å². The van der Waals surface area contributed by atoms with E-state index < -0.39 is 0 Å². The average Bonchev–Trinajstić information content (AvgIpc) is 2.72. The lowest BCUT2D eigenvalue weighted by Crippen LogP contribution is -2.35. The van der Waals surface area contributed by atoms with Gasteiger partial charge in [-0.15, -0.1) is 0 Å². The molecule has 0 saturated carbocycles. The molecular formula is C22H30N4O. The van der Waals surface area contributed by atoms with Gasteiger partial charge in [0.05, 0.1) is 5.92 Å². The minimum atomic E-state index is -0.312. The summed E-state index contributed by atoms with van der Waals surface area (Å²) in [6.07, 6.45) is 4.30. The third-order valence-corrected chi connectivity index (χ3v) is 5.52. The van der Waals surface area contributed by atoms with Crippen LogP contribution in [-0.2, 0) is 11.3 Å². The van der Waals surface area contributed by atoms with Crippen LogP contribution in [0.2, 0.25) is 0 Å². The van der Waals surface area contributed by atoms with E-state index in [0.29, 0.717) is 6.54 Å². The van der Waals surface area contributed by atoms with Crippen LogP contribution in [0.5, 0.6) is 0 Å². The van der Waals surface area contributed by atoms with Crippen molar-refractivity contribution in [1.82, 2.24) is 10.3 Å². The monoisotopic (exact) mass is 366 g/mol. The Labute approximate surface area is 162 Å². The van der Waals surface area contributed by atoms with Gasteiger partial charge in [-0.25, -0.2) is 4.98 Å². The number of pyridine rings is 1. The minimum Gasteiger partial charge on any atom is -0.357 e. The van der Waals surface area contributed by atoms with Gasteiger partial charge in [-0.1, -0.05) is 50.2 Å². The molecule has 2 heterocycles. The summed E-state index contributed by atoms with van der Waals surface area (Å²) in [6.45, 7) is 6.78. The highest BCUT2D eigenvalue weighted by Gasteiger charge is 2.22. The van der Waals surface area contributed by atoms with Crippen molar-refractivity contribution < 1.29 is 4.79 Å². The van der Waals surface area contributed by atoms with E-state index in [4.69, 9.17) is 5.73 Å². The Morgan fingerprint density at radius 2 is 1.93 bits per heavy atom. The summed E-state index contributed by atoms with van der Waals surface area (Å²) in [5.41, 5.74) is 8.21. The van der Waals surface area contributed by atoms with Gasteiger partial charge in [0.15, 0.2) is 0 Å². The Morgan fingerprint density at radius 1 is 1.22 bits per heavy atom. The fraction of sp³-hybridized carbons (Fsp3) is 0.455. The first-order valence-corrected chi connectivity index (χ1v) is 9.82. The highest BCUT2D eigenvalue weighted by atomic mass is 16.1. The number of rotatable bonds is 6. The van der Waals surface area contributed by atoms with Gasteiger partial charge in [-0.3, -0.25) is 4.79 Å². The van der Waals surface area contributed by atoms with Gasteiger partial charge in [0, 0.05) is 31.9 Å². The van der Waals surface area contributed by atoms with E-state index in [0.717, 1.165) is 36.0 Å². The largest absolute Gasteiger partial charge is 0.357 e. The van der Waals surface area contributed by atoms with Gasteiger partial charge >= 0.3 is 0 Å². The second-order valence-corrected chi connectivity index (χ2v) is 7.64. The molecule has 5 heteroatoms. The molecule has 1 fully saturated rings. The zero-order valence-corrected chi connectivity index (χ0v) is 16.3. The molecule has 2 unspecified atom stereocenters. The van der Waals surface area contributed by atoms with E-state index in [-0.39, 0.29) is 17.9 Å². The van der Waals surface area contributed by atoms with Crippen molar-refractivity contribution in [3.05, 3.63) is 59.8 Å². The summed E-state index contributed by atoms with van der Waals surface area (Å²) < 4.78 is 0. The van der Waals surface area contributed by atoms with Crippen molar-refractivity contribution in [2.24, 2.45) is 17.6 Å². The molecule has 1 aliphatic heterocycles. The Hall–Kier alpha value is -2.40. The number of anilines is 1. The first-order valence-electron chi connectivity index (χ1n) is 9.82. The predicted octanol–water partition coefficient (Wildman–Crippen LogP) is 3.27. The molecule has 1 aromatic heterocycles. The highest BCUT2D eigenvalue weighted by Crippen LogP contribution is 2.22. The topological polar surface area (TPSA) is 71.2 Å². The quantitative estimate of drug-likeness (QED) is 0.823. The number of hydrogen-bond acceptors (Lipinski definition) is 4. The van der Waals surface area contributed by atoms with Crippen LogP contribution >= 0.6 is 0 Å². The number of aromatic nitrogens is 1. The van der Waals surface area contributed by atoms with Crippen LogP contribution in [0.4, 0.5) is 5.82 Å². The third kappa shape index (κ3) is 5.07. The lowest BCUT2D eigenvalue weighted by atomic mass is 9.94. The molecule has 0 spiro atoms. The summed E-state index contributed by atoms with van der Waals surface area (Å²) in [6, 6.07) is 13.5. The van der Waals surface area contributed by atoms with Crippen molar-refractivity contribution in [1.29, 1.82) is 0 Å². The predicted molar refractivity (Wildman–Crippen MR) is 109 cm³/mol. The Balaban J connectivity index is 1.51. The maximum atomic E-state index is 12.5. The van der Waals surface area contributed by atoms with Crippen LogP contribution in [0.3, 0.4) is 0 Å². The van der Waals surface area contributed by atoms with Gasteiger partial charge in [0.25, 0.3) is 0 Å². The smallest absolute Gasteiger partial charge is 0.225 e. The van der Waals surface area contributed by atoms with E-state index in [9.17, 15) is 4.79 Å². The van der Waals surface area contributed by atoms with Crippen molar-refractivity contribution in [3.8, 4) is 0 Å². The van der Waals surface area contributed by atoms with Gasteiger partial charge in [0.2, 0.25) is 5.91 Å². The number of piperidine rings is 1. The fourth-order valence-electron chi connectivity index (χ4n) is 3.42. The Bertz CT molecular complexity index is 724. The normalized spacial score (nSPS) is 17.4. The van der Waals surface area contributed by atoms with Gasteiger partial charge < -0.3 is 16.0 Å². The van der Waals surface area contributed by atoms with Crippen LogP contribution in [-0.4, -0.2) is 24.0 Å². The standard InChI is InChI=1S/C22H30N4O/c1-16-10-12-26(13-11-16)20-9-8-18(14-24-20)15-25-22(27)17(2)21(23)19-6-4-3-5-7-19/h3-9,14,16-17,21H,10-13,15,23H2,1-2H3,(H,25,27). The maximum Gasteiger partial charge on any atom is 0.225 e. The van der Waals surface area contributed by atoms with Crippen LogP contribution < -0.4 is 16.0 Å². The van der Waals surface area contributed by atoms with Crippen molar-refractivity contribution in [2.75, 3.05) is 18.0 Å². The number of carbonyl (C=O) groups is 1. The molecule has 2 aromatic rings. The van der Waals surface area contributed by atoms with E-state index in [1.807, 2.05) is 49.5 Å².